The van der Waals surface area contributed by atoms with Crippen LogP contribution in [0.4, 0.5) is 28.9 Å². The molecule has 2 aromatic carbocycles. The summed E-state index contributed by atoms with van der Waals surface area (Å²) in [6, 6.07) is 8.55. The Kier molecular flexibility index (Phi) is 6.16. The highest BCUT2D eigenvalue weighted by Crippen LogP contribution is 2.34. The number of nitrogens with zero attached hydrogens (tertiary/aromatic N) is 2. The van der Waals surface area contributed by atoms with E-state index in [4.69, 9.17) is 0 Å². The molecule has 1 N–H and O–H groups in total. The van der Waals surface area contributed by atoms with Gasteiger partial charge in [-0.15, -0.1) is 0 Å². The van der Waals surface area contributed by atoms with Gasteiger partial charge in [-0.3, -0.25) is 9.69 Å². The molecule has 0 bridgehead atoms. The van der Waals surface area contributed by atoms with E-state index in [9.17, 15) is 22.4 Å². The molecule has 2 unspecified atom stereocenters. The van der Waals surface area contributed by atoms with Crippen LogP contribution >= 0.6 is 0 Å². The SMILES string of the molecule is Cc1cc(N2CCC(N3CCCC3C)C2)ccc1NC(=O)c1cc(F)ccc1C(F)(F)F. The minimum atomic E-state index is -4.75. The number of benzene rings is 2. The zero-order chi connectivity index (χ0) is 23.0. The van der Waals surface area contributed by atoms with Crippen LogP contribution in [-0.2, 0) is 6.18 Å². The first-order valence-electron chi connectivity index (χ1n) is 10.9. The Balaban J connectivity index is 1.48. The number of amides is 1. The maximum atomic E-state index is 13.6. The Morgan fingerprint density at radius 1 is 1.09 bits per heavy atom. The highest BCUT2D eigenvalue weighted by Gasteiger charge is 2.36. The summed E-state index contributed by atoms with van der Waals surface area (Å²) in [5.41, 5.74) is 0.267. The second-order valence-electron chi connectivity index (χ2n) is 8.76. The number of anilines is 2. The molecule has 0 aliphatic carbocycles. The maximum Gasteiger partial charge on any atom is 0.417 e. The predicted molar refractivity (Wildman–Crippen MR) is 117 cm³/mol. The topological polar surface area (TPSA) is 35.6 Å². The molecule has 2 aromatic rings. The summed E-state index contributed by atoms with van der Waals surface area (Å²) in [4.78, 5) is 17.4. The van der Waals surface area contributed by atoms with Crippen LogP contribution in [0.1, 0.15) is 47.7 Å². The van der Waals surface area contributed by atoms with Gasteiger partial charge in [-0.1, -0.05) is 0 Å². The van der Waals surface area contributed by atoms with Crippen molar-refractivity contribution in [2.75, 3.05) is 29.9 Å². The number of likely N-dealkylation sites (tertiary alicyclic amines) is 1. The fourth-order valence-corrected chi connectivity index (χ4v) is 4.87. The van der Waals surface area contributed by atoms with Crippen LogP contribution in [0.25, 0.3) is 0 Å². The van der Waals surface area contributed by atoms with Crippen molar-refractivity contribution in [1.82, 2.24) is 4.90 Å². The maximum absolute atomic E-state index is 13.6. The zero-order valence-corrected chi connectivity index (χ0v) is 18.2. The van der Waals surface area contributed by atoms with Crippen LogP contribution in [0, 0.1) is 12.7 Å². The fourth-order valence-electron chi connectivity index (χ4n) is 4.87. The summed E-state index contributed by atoms with van der Waals surface area (Å²) in [6.45, 7) is 7.10. The normalized spacial score (nSPS) is 21.9. The molecule has 4 rings (SSSR count). The van der Waals surface area contributed by atoms with E-state index >= 15 is 0 Å². The average Bonchev–Trinajstić information content (AvgIpc) is 3.37. The highest BCUT2D eigenvalue weighted by molar-refractivity contribution is 6.06. The van der Waals surface area contributed by atoms with Crippen molar-refractivity contribution in [2.45, 2.75) is 51.4 Å². The van der Waals surface area contributed by atoms with Gasteiger partial charge in [0.1, 0.15) is 5.82 Å². The number of aryl methyl sites for hydroxylation is 1. The van der Waals surface area contributed by atoms with Crippen molar-refractivity contribution < 1.29 is 22.4 Å². The molecule has 1 amide bonds. The summed E-state index contributed by atoms with van der Waals surface area (Å²) in [6.07, 6.45) is -1.17. The third-order valence-corrected chi connectivity index (χ3v) is 6.59. The number of hydrogen-bond donors (Lipinski definition) is 1. The quantitative estimate of drug-likeness (QED) is 0.629. The molecule has 0 saturated carbocycles. The van der Waals surface area contributed by atoms with E-state index < -0.39 is 29.0 Å². The van der Waals surface area contributed by atoms with Crippen molar-refractivity contribution in [2.24, 2.45) is 0 Å². The second-order valence-corrected chi connectivity index (χ2v) is 8.76. The van der Waals surface area contributed by atoms with Crippen molar-refractivity contribution in [3.05, 3.63) is 58.9 Å². The average molecular weight is 449 g/mol. The molecular weight excluding hydrogens is 422 g/mol. The van der Waals surface area contributed by atoms with Crippen molar-refractivity contribution in [1.29, 1.82) is 0 Å². The Hall–Kier alpha value is -2.61. The van der Waals surface area contributed by atoms with Crippen LogP contribution in [0.15, 0.2) is 36.4 Å². The van der Waals surface area contributed by atoms with E-state index in [-0.39, 0.29) is 0 Å². The first-order valence-corrected chi connectivity index (χ1v) is 10.9. The second kappa shape index (κ2) is 8.73. The molecule has 2 fully saturated rings. The molecule has 172 valence electrons. The van der Waals surface area contributed by atoms with E-state index in [0.717, 1.165) is 37.3 Å². The molecule has 2 heterocycles. The van der Waals surface area contributed by atoms with Gasteiger partial charge in [-0.2, -0.15) is 13.2 Å². The summed E-state index contributed by atoms with van der Waals surface area (Å²) < 4.78 is 53.3. The molecule has 0 spiro atoms. The lowest BCUT2D eigenvalue weighted by Gasteiger charge is -2.28. The Morgan fingerprint density at radius 2 is 1.88 bits per heavy atom. The summed E-state index contributed by atoms with van der Waals surface area (Å²) >= 11 is 0. The van der Waals surface area contributed by atoms with Crippen molar-refractivity contribution in [3.8, 4) is 0 Å². The van der Waals surface area contributed by atoms with Gasteiger partial charge in [0.05, 0.1) is 11.1 Å². The van der Waals surface area contributed by atoms with Gasteiger partial charge in [0, 0.05) is 36.5 Å². The van der Waals surface area contributed by atoms with E-state index in [1.54, 1.807) is 13.0 Å². The van der Waals surface area contributed by atoms with Gasteiger partial charge < -0.3 is 10.2 Å². The first-order chi connectivity index (χ1) is 15.1. The van der Waals surface area contributed by atoms with Gasteiger partial charge in [0.15, 0.2) is 0 Å². The number of halogens is 4. The van der Waals surface area contributed by atoms with Gasteiger partial charge in [0.2, 0.25) is 0 Å². The molecule has 0 radical (unpaired) electrons. The monoisotopic (exact) mass is 449 g/mol. The van der Waals surface area contributed by atoms with Crippen LogP contribution in [0.3, 0.4) is 0 Å². The van der Waals surface area contributed by atoms with E-state index in [2.05, 4.69) is 22.0 Å². The van der Waals surface area contributed by atoms with Crippen molar-refractivity contribution in [3.63, 3.8) is 0 Å². The Morgan fingerprint density at radius 3 is 2.53 bits per heavy atom. The third kappa shape index (κ3) is 4.60. The lowest BCUT2D eigenvalue weighted by atomic mass is 10.1. The number of hydrogen-bond acceptors (Lipinski definition) is 3. The molecule has 8 heteroatoms. The van der Waals surface area contributed by atoms with Crippen LogP contribution < -0.4 is 10.2 Å². The standard InChI is InChI=1S/C24H27F4N3O/c1-15-12-18(30-11-9-19(14-30)31-10-3-4-16(31)2)6-8-22(15)29-23(32)20-13-17(25)5-7-21(20)24(26,27)28/h5-8,12-13,16,19H,3-4,9-11,14H2,1-2H3,(H,29,32). The van der Waals surface area contributed by atoms with Crippen molar-refractivity contribution >= 4 is 17.3 Å². The number of rotatable bonds is 4. The van der Waals surface area contributed by atoms with Crippen LogP contribution in [0.2, 0.25) is 0 Å². The molecule has 4 nitrogen and oxygen atoms in total. The fraction of sp³-hybridized carbons (Fsp3) is 0.458. The smallest absolute Gasteiger partial charge is 0.370 e. The predicted octanol–water partition coefficient (Wildman–Crippen LogP) is 5.47. The summed E-state index contributed by atoms with van der Waals surface area (Å²) in [5, 5.41) is 2.51. The zero-order valence-electron chi connectivity index (χ0n) is 18.2. The molecule has 2 saturated heterocycles. The Labute approximate surface area is 185 Å². The van der Waals surface area contributed by atoms with E-state index in [0.29, 0.717) is 36.0 Å². The lowest BCUT2D eigenvalue weighted by molar-refractivity contribution is -0.137. The number of carbonyl (C=O) groups is 1. The largest absolute Gasteiger partial charge is 0.417 e. The lowest BCUT2D eigenvalue weighted by Crippen LogP contribution is -2.39. The molecule has 2 aliphatic heterocycles. The minimum absolute atomic E-state index is 0.403. The first kappa shape index (κ1) is 22.6. The van der Waals surface area contributed by atoms with Gasteiger partial charge in [0.25, 0.3) is 5.91 Å². The van der Waals surface area contributed by atoms with E-state index in [1.165, 1.54) is 12.8 Å². The molecule has 0 aromatic heterocycles. The van der Waals surface area contributed by atoms with Crippen LogP contribution in [0.5, 0.6) is 0 Å². The van der Waals surface area contributed by atoms with E-state index in [1.807, 2.05) is 12.1 Å². The molecule has 32 heavy (non-hydrogen) atoms. The minimum Gasteiger partial charge on any atom is -0.370 e. The number of nitrogens with one attached hydrogen (secondary N) is 1. The third-order valence-electron chi connectivity index (χ3n) is 6.59. The Bertz CT molecular complexity index is 1010. The molecular formula is C24H27F4N3O. The van der Waals surface area contributed by atoms with Gasteiger partial charge in [-0.05, 0) is 81.6 Å². The van der Waals surface area contributed by atoms with Gasteiger partial charge >= 0.3 is 6.18 Å². The van der Waals surface area contributed by atoms with Crippen LogP contribution in [-0.4, -0.2) is 42.5 Å². The summed E-state index contributed by atoms with van der Waals surface area (Å²) in [5.74, 6) is -1.89. The number of carbonyl (C=O) groups excluding carboxylic acids is 1. The molecule has 2 aliphatic rings. The highest BCUT2D eigenvalue weighted by atomic mass is 19.4. The number of alkyl halides is 3. The molecule has 2 atom stereocenters. The van der Waals surface area contributed by atoms with Gasteiger partial charge in [-0.25, -0.2) is 4.39 Å². The summed E-state index contributed by atoms with van der Waals surface area (Å²) in [7, 11) is 0.